The fourth-order valence-electron chi connectivity index (χ4n) is 9.15. The number of amides is 1. The zero-order valence-electron chi connectivity index (χ0n) is 46.8. The third-order valence-corrected chi connectivity index (χ3v) is 14.9. The third-order valence-electron chi connectivity index (χ3n) is 13.9. The second-order valence-electron chi connectivity index (χ2n) is 22.1. The van der Waals surface area contributed by atoms with Crippen molar-refractivity contribution in [2.45, 2.75) is 315 Å². The predicted octanol–water partition coefficient (Wildman–Crippen LogP) is 17.7. The van der Waals surface area contributed by atoms with Crippen molar-refractivity contribution >= 4 is 13.7 Å². The van der Waals surface area contributed by atoms with E-state index in [0.29, 0.717) is 17.4 Å². The summed E-state index contributed by atoms with van der Waals surface area (Å²) in [6.45, 7) is 4.67. The molecule has 1 amide bonds. The number of hydrogen-bond acceptors (Lipinski definition) is 6. The van der Waals surface area contributed by atoms with Crippen LogP contribution in [0, 0.1) is 0 Å². The molecule has 0 aromatic heterocycles. The number of allylic oxidation sites excluding steroid dienone is 3. The quantitative estimate of drug-likeness (QED) is 0.0272. The Hall–Kier alpha value is -1.02. The van der Waals surface area contributed by atoms with Gasteiger partial charge in [0.2, 0.25) is 5.91 Å². The lowest BCUT2D eigenvalue weighted by molar-refractivity contribution is -0.870. The number of carbonyl (C=O) groups is 1. The first-order valence-electron chi connectivity index (χ1n) is 30.2. The largest absolute Gasteiger partial charge is 0.756 e. The first kappa shape index (κ1) is 68.0. The molecule has 0 aliphatic rings. The van der Waals surface area contributed by atoms with Crippen molar-refractivity contribution in [2.24, 2.45) is 0 Å². The molecule has 410 valence electrons. The van der Waals surface area contributed by atoms with E-state index in [1.807, 2.05) is 27.2 Å². The van der Waals surface area contributed by atoms with E-state index < -0.39 is 20.0 Å². The highest BCUT2D eigenvalue weighted by molar-refractivity contribution is 7.45. The summed E-state index contributed by atoms with van der Waals surface area (Å²) in [5.41, 5.74) is 0. The van der Waals surface area contributed by atoms with Crippen molar-refractivity contribution in [3.63, 3.8) is 0 Å². The third kappa shape index (κ3) is 54.6. The highest BCUT2D eigenvalue weighted by Gasteiger charge is 2.23. The molecule has 0 saturated carbocycles. The maximum absolute atomic E-state index is 12.9. The lowest BCUT2D eigenvalue weighted by Crippen LogP contribution is -2.45. The number of nitrogens with one attached hydrogen (secondary N) is 1. The molecular weight excluding hydrogens is 876 g/mol. The van der Waals surface area contributed by atoms with Crippen molar-refractivity contribution in [2.75, 3.05) is 40.9 Å². The van der Waals surface area contributed by atoms with Crippen LogP contribution >= 0.6 is 7.82 Å². The van der Waals surface area contributed by atoms with Crippen LogP contribution in [0.4, 0.5) is 0 Å². The summed E-state index contributed by atoms with van der Waals surface area (Å²) in [7, 11) is 1.27. The molecule has 3 atom stereocenters. The van der Waals surface area contributed by atoms with Gasteiger partial charge in [-0.25, -0.2) is 0 Å². The molecule has 0 rings (SSSR count). The average Bonchev–Trinajstić information content (AvgIpc) is 3.31. The van der Waals surface area contributed by atoms with Crippen LogP contribution in [0.3, 0.4) is 0 Å². The highest BCUT2D eigenvalue weighted by atomic mass is 31.2. The van der Waals surface area contributed by atoms with E-state index in [2.05, 4.69) is 31.3 Å². The van der Waals surface area contributed by atoms with Crippen LogP contribution in [0.25, 0.3) is 0 Å². The summed E-state index contributed by atoms with van der Waals surface area (Å²) in [6.07, 6.45) is 65.7. The maximum Gasteiger partial charge on any atom is 0.268 e. The number of quaternary nitrogens is 1. The Morgan fingerprint density at radius 1 is 0.493 bits per heavy atom. The minimum absolute atomic E-state index is 0.00112. The van der Waals surface area contributed by atoms with Gasteiger partial charge in [-0.15, -0.1) is 0 Å². The zero-order chi connectivity index (χ0) is 50.6. The van der Waals surface area contributed by atoms with E-state index in [-0.39, 0.29) is 19.1 Å². The summed E-state index contributed by atoms with van der Waals surface area (Å²) in [5.74, 6) is -0.193. The molecule has 9 heteroatoms. The van der Waals surface area contributed by atoms with Crippen LogP contribution in [-0.4, -0.2) is 68.5 Å². The molecule has 0 aromatic carbocycles. The molecule has 0 aromatic rings. The van der Waals surface area contributed by atoms with Crippen LogP contribution in [-0.2, 0) is 18.4 Å². The maximum atomic E-state index is 12.9. The molecule has 69 heavy (non-hydrogen) atoms. The first-order valence-corrected chi connectivity index (χ1v) is 31.7. The van der Waals surface area contributed by atoms with E-state index in [1.165, 1.54) is 244 Å². The molecule has 0 fully saturated rings. The van der Waals surface area contributed by atoms with Crippen LogP contribution in [0.5, 0.6) is 0 Å². The van der Waals surface area contributed by atoms with E-state index >= 15 is 0 Å². The smallest absolute Gasteiger partial charge is 0.268 e. The van der Waals surface area contributed by atoms with Gasteiger partial charge < -0.3 is 28.8 Å². The lowest BCUT2D eigenvalue weighted by atomic mass is 10.0. The van der Waals surface area contributed by atoms with Crippen LogP contribution in [0.1, 0.15) is 303 Å². The van der Waals surface area contributed by atoms with Crippen LogP contribution in [0.15, 0.2) is 24.3 Å². The standard InChI is InChI=1S/C60H119N2O6P/c1-6-8-10-12-14-16-18-20-21-22-23-24-25-26-27-28-29-30-31-32-33-34-35-36-37-38-39-40-41-42-44-46-48-50-52-54-60(64)61-58(57-68-69(65,66)67-56-55-62(3,4)5)59(63)53-51-49-47-45-43-19-17-15-13-11-9-7-2/h28-29,51,53,58-59,63H,6-27,30-50,52,54-57H2,1-5H3,(H-,61,64,65,66)/b29-28-,53-51+. The number of phosphoric ester groups is 1. The van der Waals surface area contributed by atoms with Gasteiger partial charge in [-0.2, -0.15) is 0 Å². The summed E-state index contributed by atoms with van der Waals surface area (Å²) in [5, 5.41) is 13.8. The number of nitrogens with zero attached hydrogens (tertiary/aromatic N) is 1. The number of rotatable bonds is 56. The molecule has 2 N–H and O–H groups in total. The minimum Gasteiger partial charge on any atom is -0.756 e. The van der Waals surface area contributed by atoms with Crippen molar-refractivity contribution in [1.29, 1.82) is 0 Å². The molecule has 0 saturated heterocycles. The fourth-order valence-corrected chi connectivity index (χ4v) is 9.87. The Balaban J connectivity index is 3.92. The molecule has 0 spiro atoms. The second-order valence-corrected chi connectivity index (χ2v) is 23.5. The topological polar surface area (TPSA) is 108 Å². The molecule has 0 heterocycles. The number of aliphatic hydroxyl groups is 1. The molecule has 0 radical (unpaired) electrons. The number of unbranched alkanes of at least 4 members (excludes halogenated alkanes) is 41. The molecule has 0 aliphatic carbocycles. The summed E-state index contributed by atoms with van der Waals surface area (Å²) >= 11 is 0. The number of hydrogen-bond donors (Lipinski definition) is 2. The van der Waals surface area contributed by atoms with Gasteiger partial charge in [0.1, 0.15) is 13.2 Å². The highest BCUT2D eigenvalue weighted by Crippen LogP contribution is 2.38. The van der Waals surface area contributed by atoms with E-state index in [4.69, 9.17) is 9.05 Å². The zero-order valence-corrected chi connectivity index (χ0v) is 47.7. The Morgan fingerprint density at radius 3 is 1.13 bits per heavy atom. The van der Waals surface area contributed by atoms with Gasteiger partial charge in [0.25, 0.3) is 7.82 Å². The fraction of sp³-hybridized carbons (Fsp3) is 0.917. The summed E-state index contributed by atoms with van der Waals surface area (Å²) in [6, 6.07) is -0.883. The Bertz CT molecular complexity index is 1170. The number of carbonyl (C=O) groups excluding carboxylic acids is 1. The first-order chi connectivity index (χ1) is 33.5. The Morgan fingerprint density at radius 2 is 0.797 bits per heavy atom. The van der Waals surface area contributed by atoms with Crippen LogP contribution < -0.4 is 10.2 Å². The van der Waals surface area contributed by atoms with Crippen molar-refractivity contribution < 1.29 is 32.9 Å². The van der Waals surface area contributed by atoms with Gasteiger partial charge in [-0.1, -0.05) is 276 Å². The van der Waals surface area contributed by atoms with Crippen LogP contribution in [0.2, 0.25) is 0 Å². The average molecular weight is 996 g/mol. The summed E-state index contributed by atoms with van der Waals surface area (Å²) < 4.78 is 23.3. The number of aliphatic hydroxyl groups excluding tert-OH is 1. The number of phosphoric acid groups is 1. The molecular formula is C60H119N2O6P. The normalized spacial score (nSPS) is 14.0. The Labute approximate surface area is 430 Å². The van der Waals surface area contributed by atoms with Gasteiger partial charge in [0, 0.05) is 6.42 Å². The van der Waals surface area contributed by atoms with Gasteiger partial charge in [-0.05, 0) is 44.9 Å². The lowest BCUT2D eigenvalue weighted by Gasteiger charge is -2.29. The van der Waals surface area contributed by atoms with Gasteiger partial charge >= 0.3 is 0 Å². The monoisotopic (exact) mass is 995 g/mol. The Kier molecular flexibility index (Phi) is 51.1. The number of likely N-dealkylation sites (N-methyl/N-ethyl adjacent to an activating group) is 1. The second kappa shape index (κ2) is 51.9. The molecule has 0 aliphatic heterocycles. The van der Waals surface area contributed by atoms with E-state index in [9.17, 15) is 19.4 Å². The minimum atomic E-state index is -4.59. The molecule has 0 bridgehead atoms. The van der Waals surface area contributed by atoms with Gasteiger partial charge in [-0.3, -0.25) is 9.36 Å². The van der Waals surface area contributed by atoms with Crippen molar-refractivity contribution in [3.05, 3.63) is 24.3 Å². The van der Waals surface area contributed by atoms with Crippen molar-refractivity contribution in [3.8, 4) is 0 Å². The SMILES string of the molecule is CCCCCCCCCCCC/C=C/C(O)C(COP(=O)([O-])OCC[N+](C)(C)C)NC(=O)CCCCCCCCCCCCCCCCCCC/C=C\CCCCCCCCCCCCCCCC. The van der Waals surface area contributed by atoms with Crippen molar-refractivity contribution in [1.82, 2.24) is 5.32 Å². The van der Waals surface area contributed by atoms with E-state index in [1.54, 1.807) is 6.08 Å². The molecule has 3 unspecified atom stereocenters. The predicted molar refractivity (Wildman–Crippen MR) is 298 cm³/mol. The van der Waals surface area contributed by atoms with Gasteiger partial charge in [0.15, 0.2) is 0 Å². The van der Waals surface area contributed by atoms with Gasteiger partial charge in [0.05, 0.1) is 39.9 Å². The molecule has 8 nitrogen and oxygen atoms in total. The van der Waals surface area contributed by atoms with E-state index in [0.717, 1.165) is 38.5 Å². The summed E-state index contributed by atoms with van der Waals surface area (Å²) in [4.78, 5) is 25.4.